The third-order valence-corrected chi connectivity index (χ3v) is 3.77. The average molecular weight is 275 g/mol. The summed E-state index contributed by atoms with van der Waals surface area (Å²) in [6.07, 6.45) is 1.74. The minimum Gasteiger partial charge on any atom is -0.507 e. The Kier molecular flexibility index (Phi) is 3.69. The van der Waals surface area contributed by atoms with E-state index in [1.165, 1.54) is 5.56 Å². The van der Waals surface area contributed by atoms with Crippen molar-refractivity contribution in [3.8, 4) is 17.0 Å². The van der Waals surface area contributed by atoms with E-state index in [0.29, 0.717) is 5.75 Å². The summed E-state index contributed by atoms with van der Waals surface area (Å²) in [4.78, 5) is 4.32. The predicted molar refractivity (Wildman–Crippen MR) is 85.3 cm³/mol. The monoisotopic (exact) mass is 275 g/mol. The van der Waals surface area contributed by atoms with Crippen molar-refractivity contribution in [2.24, 2.45) is 0 Å². The topological polar surface area (TPSA) is 33.1 Å². The van der Waals surface area contributed by atoms with Crippen LogP contribution in [0, 0.1) is 0 Å². The molecule has 0 spiro atoms. The summed E-state index contributed by atoms with van der Waals surface area (Å²) < 4.78 is 0. The lowest BCUT2D eigenvalue weighted by atomic mass is 9.90. The molecule has 2 nitrogen and oxygen atoms in total. The van der Waals surface area contributed by atoms with E-state index in [0.717, 1.165) is 16.8 Å². The summed E-state index contributed by atoms with van der Waals surface area (Å²) in [6, 6.07) is 21.8. The largest absolute Gasteiger partial charge is 0.507 e. The van der Waals surface area contributed by atoms with Crippen LogP contribution in [0.1, 0.15) is 24.0 Å². The van der Waals surface area contributed by atoms with Crippen LogP contribution in [-0.2, 0) is 0 Å². The van der Waals surface area contributed by atoms with Crippen molar-refractivity contribution in [2.45, 2.75) is 12.8 Å². The normalized spacial score (nSPS) is 12.0. The van der Waals surface area contributed by atoms with Crippen LogP contribution in [0.2, 0.25) is 0 Å². The van der Waals surface area contributed by atoms with Crippen molar-refractivity contribution in [1.82, 2.24) is 4.98 Å². The minimum atomic E-state index is 0.134. The van der Waals surface area contributed by atoms with Gasteiger partial charge in [-0.1, -0.05) is 55.5 Å². The highest BCUT2D eigenvalue weighted by atomic mass is 16.3. The molecule has 0 radical (unpaired) electrons. The van der Waals surface area contributed by atoms with E-state index in [9.17, 15) is 5.11 Å². The number of rotatable bonds is 3. The highest BCUT2D eigenvalue weighted by Crippen LogP contribution is 2.37. The van der Waals surface area contributed by atoms with Gasteiger partial charge in [-0.15, -0.1) is 0 Å². The number of phenols is 1. The quantitative estimate of drug-likeness (QED) is 0.757. The number of aromatic hydroxyl groups is 1. The Hall–Kier alpha value is -2.61. The number of aromatic nitrogens is 1. The fourth-order valence-corrected chi connectivity index (χ4v) is 2.56. The first kappa shape index (κ1) is 13.4. The second kappa shape index (κ2) is 5.80. The molecule has 1 atom stereocenters. The highest BCUT2D eigenvalue weighted by Gasteiger charge is 2.16. The molecule has 0 aliphatic rings. The second-order valence-electron chi connectivity index (χ2n) is 5.09. The van der Waals surface area contributed by atoms with E-state index in [1.807, 2.05) is 54.6 Å². The van der Waals surface area contributed by atoms with Gasteiger partial charge in [-0.2, -0.15) is 0 Å². The fraction of sp³-hybridized carbons (Fsp3) is 0.105. The number of benzene rings is 2. The van der Waals surface area contributed by atoms with Crippen molar-refractivity contribution >= 4 is 0 Å². The van der Waals surface area contributed by atoms with Gasteiger partial charge >= 0.3 is 0 Å². The molecular weight excluding hydrogens is 258 g/mol. The van der Waals surface area contributed by atoms with E-state index in [4.69, 9.17) is 0 Å². The van der Waals surface area contributed by atoms with Crippen LogP contribution in [-0.4, -0.2) is 10.1 Å². The first-order valence-electron chi connectivity index (χ1n) is 7.05. The number of hydrogen-bond acceptors (Lipinski definition) is 2. The Labute approximate surface area is 124 Å². The maximum Gasteiger partial charge on any atom is 0.128 e. The third kappa shape index (κ3) is 2.65. The summed E-state index contributed by atoms with van der Waals surface area (Å²) in [6.45, 7) is 2.10. The number of phenolic OH excluding ortho intramolecular Hbond substituents is 1. The number of pyridine rings is 1. The summed E-state index contributed by atoms with van der Waals surface area (Å²) in [5.74, 6) is 0.447. The van der Waals surface area contributed by atoms with Gasteiger partial charge in [-0.05, 0) is 23.8 Å². The van der Waals surface area contributed by atoms with E-state index >= 15 is 0 Å². The molecule has 0 bridgehead atoms. The molecule has 104 valence electrons. The molecule has 0 amide bonds. The molecule has 2 aromatic carbocycles. The average Bonchev–Trinajstić information content (AvgIpc) is 2.56. The SMILES string of the molecule is CC(c1ccccc1)c1cccc(-c2ccccn2)c1O. The Morgan fingerprint density at radius 3 is 2.33 bits per heavy atom. The summed E-state index contributed by atoms with van der Waals surface area (Å²) >= 11 is 0. The van der Waals surface area contributed by atoms with Gasteiger partial charge in [0.1, 0.15) is 5.75 Å². The maximum atomic E-state index is 10.6. The lowest BCUT2D eigenvalue weighted by Crippen LogP contribution is -1.97. The summed E-state index contributed by atoms with van der Waals surface area (Å²) in [5, 5.41) is 10.6. The van der Waals surface area contributed by atoms with Crippen molar-refractivity contribution in [3.05, 3.63) is 84.1 Å². The highest BCUT2D eigenvalue weighted by molar-refractivity contribution is 5.69. The zero-order chi connectivity index (χ0) is 14.7. The Bertz CT molecular complexity index is 723. The molecule has 3 rings (SSSR count). The number of para-hydroxylation sites is 1. The van der Waals surface area contributed by atoms with Gasteiger partial charge in [-0.25, -0.2) is 0 Å². The first-order valence-corrected chi connectivity index (χ1v) is 7.05. The van der Waals surface area contributed by atoms with Crippen molar-refractivity contribution in [2.75, 3.05) is 0 Å². The zero-order valence-electron chi connectivity index (χ0n) is 11.9. The molecule has 1 unspecified atom stereocenters. The van der Waals surface area contributed by atoms with E-state index in [1.54, 1.807) is 6.20 Å². The van der Waals surface area contributed by atoms with Gasteiger partial charge in [-0.3, -0.25) is 4.98 Å². The minimum absolute atomic E-state index is 0.134. The first-order chi connectivity index (χ1) is 10.3. The molecule has 0 aliphatic heterocycles. The van der Waals surface area contributed by atoms with Crippen molar-refractivity contribution < 1.29 is 5.11 Å². The van der Waals surface area contributed by atoms with Crippen molar-refractivity contribution in [1.29, 1.82) is 0 Å². The van der Waals surface area contributed by atoms with Crippen LogP contribution in [0.5, 0.6) is 5.75 Å². The smallest absolute Gasteiger partial charge is 0.128 e. The molecule has 1 aromatic heterocycles. The van der Waals surface area contributed by atoms with E-state index < -0.39 is 0 Å². The molecule has 0 fully saturated rings. The van der Waals surface area contributed by atoms with Crippen molar-refractivity contribution in [3.63, 3.8) is 0 Å². The van der Waals surface area contributed by atoms with Gasteiger partial charge in [0.15, 0.2) is 0 Å². The van der Waals surface area contributed by atoms with Crippen LogP contribution >= 0.6 is 0 Å². The van der Waals surface area contributed by atoms with Crippen LogP contribution in [0.15, 0.2) is 72.9 Å². The molecule has 1 heterocycles. The summed E-state index contributed by atoms with van der Waals surface area (Å²) in [7, 11) is 0. The molecule has 0 saturated carbocycles. The Morgan fingerprint density at radius 2 is 1.62 bits per heavy atom. The molecule has 3 aromatic rings. The molecule has 0 aliphatic carbocycles. The molecule has 2 heteroatoms. The molecular formula is C19H17NO. The lowest BCUT2D eigenvalue weighted by Gasteiger charge is -2.16. The van der Waals surface area contributed by atoms with Crippen LogP contribution in [0.25, 0.3) is 11.3 Å². The summed E-state index contributed by atoms with van der Waals surface area (Å²) in [5.41, 5.74) is 3.67. The number of hydrogen-bond donors (Lipinski definition) is 1. The van der Waals surface area contributed by atoms with Crippen LogP contribution < -0.4 is 0 Å². The van der Waals surface area contributed by atoms with Gasteiger partial charge in [0, 0.05) is 23.2 Å². The standard InChI is InChI=1S/C19H17NO/c1-14(15-8-3-2-4-9-15)16-10-7-11-17(19(16)21)18-12-5-6-13-20-18/h2-14,21H,1H3. The van der Waals surface area contributed by atoms with E-state index in [-0.39, 0.29) is 5.92 Å². The fourth-order valence-electron chi connectivity index (χ4n) is 2.56. The van der Waals surface area contributed by atoms with Crippen LogP contribution in [0.4, 0.5) is 0 Å². The van der Waals surface area contributed by atoms with Gasteiger partial charge in [0.25, 0.3) is 0 Å². The van der Waals surface area contributed by atoms with E-state index in [2.05, 4.69) is 24.0 Å². The predicted octanol–water partition coefficient (Wildman–Crippen LogP) is 4.61. The third-order valence-electron chi connectivity index (χ3n) is 3.77. The number of nitrogens with zero attached hydrogens (tertiary/aromatic N) is 1. The van der Waals surface area contributed by atoms with Gasteiger partial charge < -0.3 is 5.11 Å². The van der Waals surface area contributed by atoms with Crippen LogP contribution in [0.3, 0.4) is 0 Å². The molecule has 0 saturated heterocycles. The Balaban J connectivity index is 2.05. The lowest BCUT2D eigenvalue weighted by molar-refractivity contribution is 0.468. The van der Waals surface area contributed by atoms with Gasteiger partial charge in [0.2, 0.25) is 0 Å². The van der Waals surface area contributed by atoms with Gasteiger partial charge in [0.05, 0.1) is 5.69 Å². The molecule has 1 N–H and O–H groups in total. The maximum absolute atomic E-state index is 10.6. The second-order valence-corrected chi connectivity index (χ2v) is 5.09. The molecule has 21 heavy (non-hydrogen) atoms. The Morgan fingerprint density at radius 1 is 0.857 bits per heavy atom. The zero-order valence-corrected chi connectivity index (χ0v) is 11.9.